The van der Waals surface area contributed by atoms with E-state index in [4.69, 9.17) is 10.5 Å². The number of hydrogen-bond donors (Lipinski definition) is 2. The molecule has 0 saturated carbocycles. The van der Waals surface area contributed by atoms with Crippen LogP contribution in [-0.2, 0) is 11.2 Å². The van der Waals surface area contributed by atoms with Crippen molar-refractivity contribution in [3.05, 3.63) is 23.8 Å². The molecule has 4 heteroatoms. The zero-order valence-electron chi connectivity index (χ0n) is 10.9. The van der Waals surface area contributed by atoms with Gasteiger partial charge in [0.25, 0.3) is 0 Å². The zero-order chi connectivity index (χ0) is 13.1. The summed E-state index contributed by atoms with van der Waals surface area (Å²) >= 11 is 0. The molecule has 3 N–H and O–H groups in total. The maximum atomic E-state index is 11.9. The maximum absolute atomic E-state index is 11.9. The summed E-state index contributed by atoms with van der Waals surface area (Å²) in [6.45, 7) is 4.74. The number of nitrogens with one attached hydrogen (secondary N) is 1. The molecule has 18 heavy (non-hydrogen) atoms. The Kier molecular flexibility index (Phi) is 3.87. The highest BCUT2D eigenvalue weighted by Gasteiger charge is 2.20. The minimum absolute atomic E-state index is 0.122. The number of anilines is 1. The molecule has 2 rings (SSSR count). The first kappa shape index (κ1) is 12.9. The Balaban J connectivity index is 2.03. The molecule has 4 nitrogen and oxygen atoms in total. The van der Waals surface area contributed by atoms with E-state index in [2.05, 4.69) is 5.32 Å². The van der Waals surface area contributed by atoms with Gasteiger partial charge in [0, 0.05) is 12.1 Å². The third-order valence-electron chi connectivity index (χ3n) is 3.52. The summed E-state index contributed by atoms with van der Waals surface area (Å²) in [6.07, 6.45) is 1.79. The Morgan fingerprint density at radius 2 is 2.33 bits per heavy atom. The van der Waals surface area contributed by atoms with E-state index in [-0.39, 0.29) is 11.8 Å². The van der Waals surface area contributed by atoms with Crippen LogP contribution in [0.25, 0.3) is 0 Å². The van der Waals surface area contributed by atoms with Crippen LogP contribution in [0.4, 0.5) is 5.69 Å². The molecule has 1 amide bonds. The minimum Gasteiger partial charge on any atom is -0.493 e. The number of carbonyl (C=O) groups is 1. The standard InChI is InChI=1S/C14H20N2O2/c1-3-9(2)13(15)14(17)16-11-4-5-12-10(8-11)6-7-18-12/h4-5,8-9,13H,3,6-7,15H2,1-2H3,(H,16,17). The lowest BCUT2D eigenvalue weighted by atomic mass is 9.99. The fraction of sp³-hybridized carbons (Fsp3) is 0.500. The smallest absolute Gasteiger partial charge is 0.241 e. The molecule has 1 aliphatic rings. The van der Waals surface area contributed by atoms with Crippen molar-refractivity contribution >= 4 is 11.6 Å². The third-order valence-corrected chi connectivity index (χ3v) is 3.52. The van der Waals surface area contributed by atoms with Gasteiger partial charge in [0.05, 0.1) is 12.6 Å². The Bertz CT molecular complexity index is 445. The van der Waals surface area contributed by atoms with Crippen LogP contribution in [0.3, 0.4) is 0 Å². The molecule has 2 unspecified atom stereocenters. The van der Waals surface area contributed by atoms with E-state index in [9.17, 15) is 4.79 Å². The quantitative estimate of drug-likeness (QED) is 0.855. The largest absolute Gasteiger partial charge is 0.493 e. The Hall–Kier alpha value is -1.55. The van der Waals surface area contributed by atoms with Gasteiger partial charge in [-0.1, -0.05) is 20.3 Å². The van der Waals surface area contributed by atoms with Crippen LogP contribution in [0, 0.1) is 5.92 Å². The van der Waals surface area contributed by atoms with Crippen LogP contribution in [0.15, 0.2) is 18.2 Å². The van der Waals surface area contributed by atoms with Crippen molar-refractivity contribution in [2.24, 2.45) is 11.7 Å². The number of hydrogen-bond acceptors (Lipinski definition) is 3. The molecule has 2 atom stereocenters. The van der Waals surface area contributed by atoms with Gasteiger partial charge in [-0.2, -0.15) is 0 Å². The first-order chi connectivity index (χ1) is 8.61. The zero-order valence-corrected chi connectivity index (χ0v) is 10.9. The van der Waals surface area contributed by atoms with Crippen molar-refractivity contribution in [1.29, 1.82) is 0 Å². The Morgan fingerprint density at radius 1 is 1.56 bits per heavy atom. The topological polar surface area (TPSA) is 64.4 Å². The van der Waals surface area contributed by atoms with Crippen LogP contribution in [0.1, 0.15) is 25.8 Å². The van der Waals surface area contributed by atoms with Crippen LogP contribution in [0.2, 0.25) is 0 Å². The fourth-order valence-corrected chi connectivity index (χ4v) is 2.00. The summed E-state index contributed by atoms with van der Waals surface area (Å²) in [5.41, 5.74) is 7.83. The molecule has 1 heterocycles. The molecule has 1 aliphatic heterocycles. The lowest BCUT2D eigenvalue weighted by Gasteiger charge is -2.17. The van der Waals surface area contributed by atoms with Crippen LogP contribution >= 0.6 is 0 Å². The van der Waals surface area contributed by atoms with Crippen molar-refractivity contribution in [3.63, 3.8) is 0 Å². The molecular weight excluding hydrogens is 228 g/mol. The van der Waals surface area contributed by atoms with E-state index < -0.39 is 6.04 Å². The van der Waals surface area contributed by atoms with Gasteiger partial charge in [-0.15, -0.1) is 0 Å². The van der Waals surface area contributed by atoms with Gasteiger partial charge in [-0.3, -0.25) is 4.79 Å². The molecule has 0 radical (unpaired) electrons. The second kappa shape index (κ2) is 5.40. The molecular formula is C14H20N2O2. The summed E-state index contributed by atoms with van der Waals surface area (Å²) in [6, 6.07) is 5.25. The highest BCUT2D eigenvalue weighted by Crippen LogP contribution is 2.27. The van der Waals surface area contributed by atoms with Crippen LogP contribution < -0.4 is 15.8 Å². The number of benzene rings is 1. The second-order valence-corrected chi connectivity index (χ2v) is 4.82. The highest BCUT2D eigenvalue weighted by molar-refractivity contribution is 5.95. The normalized spacial score (nSPS) is 16.6. The van der Waals surface area contributed by atoms with E-state index in [1.165, 1.54) is 0 Å². The first-order valence-electron chi connectivity index (χ1n) is 6.44. The summed E-state index contributed by atoms with van der Waals surface area (Å²) < 4.78 is 5.42. The van der Waals surface area contributed by atoms with E-state index in [0.717, 1.165) is 36.4 Å². The predicted molar refractivity (Wildman–Crippen MR) is 71.7 cm³/mol. The molecule has 98 valence electrons. The third kappa shape index (κ3) is 2.64. The number of fused-ring (bicyclic) bond motifs is 1. The lowest BCUT2D eigenvalue weighted by Crippen LogP contribution is -2.40. The van der Waals surface area contributed by atoms with Crippen molar-refractivity contribution in [3.8, 4) is 5.75 Å². The number of amides is 1. The van der Waals surface area contributed by atoms with Gasteiger partial charge in [-0.25, -0.2) is 0 Å². The van der Waals surface area contributed by atoms with Crippen molar-refractivity contribution in [2.75, 3.05) is 11.9 Å². The highest BCUT2D eigenvalue weighted by atomic mass is 16.5. The monoisotopic (exact) mass is 248 g/mol. The van der Waals surface area contributed by atoms with Gasteiger partial charge in [-0.05, 0) is 29.7 Å². The first-order valence-corrected chi connectivity index (χ1v) is 6.44. The molecule has 0 saturated heterocycles. The number of rotatable bonds is 4. The fourth-order valence-electron chi connectivity index (χ4n) is 2.00. The second-order valence-electron chi connectivity index (χ2n) is 4.82. The van der Waals surface area contributed by atoms with Gasteiger partial charge in [0.2, 0.25) is 5.91 Å². The van der Waals surface area contributed by atoms with Crippen molar-refractivity contribution in [1.82, 2.24) is 0 Å². The van der Waals surface area contributed by atoms with Crippen LogP contribution in [-0.4, -0.2) is 18.6 Å². The minimum atomic E-state index is -0.459. The molecule has 0 aliphatic carbocycles. The molecule has 1 aromatic rings. The summed E-state index contributed by atoms with van der Waals surface area (Å²) in [5, 5.41) is 2.87. The summed E-state index contributed by atoms with van der Waals surface area (Å²) in [4.78, 5) is 11.9. The number of ether oxygens (including phenoxy) is 1. The van der Waals surface area contributed by atoms with Crippen molar-refractivity contribution in [2.45, 2.75) is 32.7 Å². The SMILES string of the molecule is CCC(C)C(N)C(=O)Nc1ccc2c(c1)CCO2. The molecule has 0 spiro atoms. The van der Waals surface area contributed by atoms with E-state index >= 15 is 0 Å². The van der Waals surface area contributed by atoms with Crippen molar-refractivity contribution < 1.29 is 9.53 Å². The van der Waals surface area contributed by atoms with E-state index in [1.807, 2.05) is 32.0 Å². The number of carbonyl (C=O) groups excluding carboxylic acids is 1. The van der Waals surface area contributed by atoms with Gasteiger partial charge >= 0.3 is 0 Å². The van der Waals surface area contributed by atoms with Gasteiger partial charge in [0.1, 0.15) is 5.75 Å². The summed E-state index contributed by atoms with van der Waals surface area (Å²) in [7, 11) is 0. The van der Waals surface area contributed by atoms with E-state index in [0.29, 0.717) is 0 Å². The Labute approximate surface area is 108 Å². The molecule has 0 fully saturated rings. The average molecular weight is 248 g/mol. The molecule has 1 aromatic carbocycles. The lowest BCUT2D eigenvalue weighted by molar-refractivity contribution is -0.118. The van der Waals surface area contributed by atoms with Gasteiger partial charge < -0.3 is 15.8 Å². The maximum Gasteiger partial charge on any atom is 0.241 e. The number of nitrogens with two attached hydrogens (primary N) is 1. The average Bonchev–Trinajstić information content (AvgIpc) is 2.84. The molecule has 0 bridgehead atoms. The van der Waals surface area contributed by atoms with E-state index in [1.54, 1.807) is 0 Å². The van der Waals surface area contributed by atoms with Crippen LogP contribution in [0.5, 0.6) is 5.75 Å². The van der Waals surface area contributed by atoms with Gasteiger partial charge in [0.15, 0.2) is 0 Å². The Morgan fingerprint density at radius 3 is 3.06 bits per heavy atom. The molecule has 0 aromatic heterocycles. The summed E-state index contributed by atoms with van der Waals surface area (Å²) in [5.74, 6) is 0.977. The predicted octanol–water partition coefficient (Wildman–Crippen LogP) is 1.93.